The molecule has 1 heterocycles. The van der Waals surface area contributed by atoms with E-state index in [0.29, 0.717) is 23.6 Å². The molecular weight excluding hydrogens is 446 g/mol. The van der Waals surface area contributed by atoms with Crippen molar-refractivity contribution in [2.45, 2.75) is 17.4 Å². The van der Waals surface area contributed by atoms with Gasteiger partial charge in [0.2, 0.25) is 10.0 Å². The first-order valence-corrected chi connectivity index (χ1v) is 12.0. The Labute approximate surface area is 191 Å². The first-order valence-electron chi connectivity index (χ1n) is 10.0. The number of primary sulfonamides is 1. The Morgan fingerprint density at radius 1 is 1.00 bits per heavy atom. The number of rotatable bonds is 8. The number of para-hydroxylation sites is 1. The zero-order chi connectivity index (χ0) is 22.7. The van der Waals surface area contributed by atoms with Crippen LogP contribution in [0.5, 0.6) is 0 Å². The number of halogens is 1. The van der Waals surface area contributed by atoms with Gasteiger partial charge in [0, 0.05) is 23.7 Å². The van der Waals surface area contributed by atoms with Gasteiger partial charge in [-0.3, -0.25) is 4.79 Å². The van der Waals surface area contributed by atoms with Crippen LogP contribution >= 0.6 is 11.6 Å². The van der Waals surface area contributed by atoms with E-state index in [2.05, 4.69) is 10.3 Å². The number of nitrogens with two attached hydrogens (primary N) is 1. The van der Waals surface area contributed by atoms with E-state index in [0.717, 1.165) is 22.0 Å². The van der Waals surface area contributed by atoms with Crippen LogP contribution in [-0.2, 0) is 16.4 Å². The highest BCUT2D eigenvalue weighted by Gasteiger charge is 2.24. The number of H-pyrrole nitrogens is 1. The number of fused-ring (bicyclic) bond motifs is 1. The predicted octanol–water partition coefficient (Wildman–Crippen LogP) is 4.23. The predicted molar refractivity (Wildman–Crippen MR) is 126 cm³/mol. The largest absolute Gasteiger partial charge is 0.359 e. The molecule has 0 spiro atoms. The van der Waals surface area contributed by atoms with E-state index >= 15 is 0 Å². The van der Waals surface area contributed by atoms with E-state index in [1.165, 1.54) is 12.1 Å². The molecule has 0 saturated carbocycles. The van der Waals surface area contributed by atoms with Gasteiger partial charge in [-0.15, -0.1) is 0 Å². The van der Waals surface area contributed by atoms with Crippen molar-refractivity contribution in [3.8, 4) is 0 Å². The average molecular weight is 468 g/mol. The van der Waals surface area contributed by atoms with Crippen LogP contribution in [0.4, 0.5) is 0 Å². The van der Waals surface area contributed by atoms with Crippen molar-refractivity contribution in [2.75, 3.05) is 6.54 Å². The molecule has 0 aliphatic carbocycles. The highest BCUT2D eigenvalue weighted by Crippen LogP contribution is 2.28. The molecule has 0 aliphatic heterocycles. The third-order valence-corrected chi connectivity index (χ3v) is 6.58. The Hall–Kier alpha value is -2.97. The van der Waals surface area contributed by atoms with Crippen molar-refractivity contribution in [3.05, 3.63) is 101 Å². The van der Waals surface area contributed by atoms with Crippen molar-refractivity contribution >= 4 is 38.3 Å². The molecule has 0 saturated heterocycles. The van der Waals surface area contributed by atoms with Crippen LogP contribution in [0.3, 0.4) is 0 Å². The smallest absolute Gasteiger partial charge is 0.238 e. The van der Waals surface area contributed by atoms with Gasteiger partial charge in [-0.2, -0.15) is 0 Å². The second-order valence-corrected chi connectivity index (χ2v) is 9.43. The number of hydrogen-bond acceptors (Lipinski definition) is 4. The maximum absolute atomic E-state index is 13.5. The van der Waals surface area contributed by atoms with Gasteiger partial charge in [-0.05, 0) is 35.7 Å². The van der Waals surface area contributed by atoms with Gasteiger partial charge in [0.25, 0.3) is 0 Å². The Bertz CT molecular complexity index is 1350. The van der Waals surface area contributed by atoms with Gasteiger partial charge in [-0.1, -0.05) is 66.2 Å². The van der Waals surface area contributed by atoms with Crippen molar-refractivity contribution in [3.63, 3.8) is 0 Å². The lowest BCUT2D eigenvalue weighted by molar-refractivity contribution is 0.0945. The quantitative estimate of drug-likeness (QED) is 0.337. The summed E-state index contributed by atoms with van der Waals surface area (Å²) in [5.74, 6) is -0.0608. The summed E-state index contributed by atoms with van der Waals surface area (Å²) in [6.07, 6.45) is 2.31. The van der Waals surface area contributed by atoms with Crippen LogP contribution < -0.4 is 10.5 Å². The summed E-state index contributed by atoms with van der Waals surface area (Å²) in [7, 11) is -3.72. The lowest BCUT2D eigenvalue weighted by atomic mass is 9.96. The van der Waals surface area contributed by atoms with Crippen molar-refractivity contribution in [1.29, 1.82) is 0 Å². The van der Waals surface area contributed by atoms with Crippen LogP contribution in [0.15, 0.2) is 83.9 Å². The molecule has 6 nitrogen and oxygen atoms in total. The molecule has 0 fully saturated rings. The zero-order valence-corrected chi connectivity index (χ0v) is 18.7. The second-order valence-electron chi connectivity index (χ2n) is 7.47. The molecule has 0 bridgehead atoms. The maximum Gasteiger partial charge on any atom is 0.238 e. The summed E-state index contributed by atoms with van der Waals surface area (Å²) in [6.45, 7) is 0.517. The molecule has 164 valence electrons. The lowest BCUT2D eigenvalue weighted by Gasteiger charge is -2.18. The van der Waals surface area contributed by atoms with Crippen molar-refractivity contribution < 1.29 is 13.2 Å². The number of hydrogen-bond donors (Lipinski definition) is 3. The normalized spacial score (nSPS) is 12.7. The molecule has 32 heavy (non-hydrogen) atoms. The van der Waals surface area contributed by atoms with Crippen LogP contribution in [0.1, 0.15) is 27.5 Å². The number of benzene rings is 3. The maximum atomic E-state index is 13.5. The summed E-state index contributed by atoms with van der Waals surface area (Å²) in [6, 6.07) is 20.9. The number of aromatic amines is 1. The Morgan fingerprint density at radius 3 is 2.41 bits per heavy atom. The molecule has 0 aliphatic rings. The molecule has 0 unspecified atom stereocenters. The monoisotopic (exact) mass is 467 g/mol. The van der Waals surface area contributed by atoms with Crippen molar-refractivity contribution in [1.82, 2.24) is 10.3 Å². The summed E-state index contributed by atoms with van der Waals surface area (Å²) in [5, 5.41) is 9.85. The minimum Gasteiger partial charge on any atom is -0.359 e. The minimum atomic E-state index is -3.72. The summed E-state index contributed by atoms with van der Waals surface area (Å²) in [4.78, 5) is 16.7. The standard InChI is InChI=1S/C24H22ClN3O3S/c25-21-8-4-7-19-20(15-28-23(19)21)24(29)22(17-5-2-1-3-6-17)27-14-13-16-9-11-18(12-10-16)32(26,30)31/h1-12,15,22,27-28H,13-14H2,(H2,26,30,31)/t22-/m0/s1. The fourth-order valence-electron chi connectivity index (χ4n) is 3.69. The molecule has 4 N–H and O–H groups in total. The fraction of sp³-hybridized carbons (Fsp3) is 0.125. The average Bonchev–Trinajstić information content (AvgIpc) is 3.22. The number of Topliss-reactive ketones (excluding diaryl/α,β-unsaturated/α-hetero) is 1. The van der Waals surface area contributed by atoms with E-state index < -0.39 is 16.1 Å². The number of ketones is 1. The topological polar surface area (TPSA) is 105 Å². The van der Waals surface area contributed by atoms with Crippen LogP contribution in [-0.4, -0.2) is 25.7 Å². The van der Waals surface area contributed by atoms with Gasteiger partial charge in [0.15, 0.2) is 5.78 Å². The SMILES string of the molecule is NS(=O)(=O)c1ccc(CCN[C@H](C(=O)c2c[nH]c3c(Cl)cccc23)c2ccccc2)cc1. The Morgan fingerprint density at radius 2 is 1.72 bits per heavy atom. The number of carbonyl (C=O) groups excluding carboxylic acids is 1. The molecule has 0 radical (unpaired) electrons. The first-order chi connectivity index (χ1) is 15.3. The number of aromatic nitrogens is 1. The third kappa shape index (κ3) is 4.76. The summed E-state index contributed by atoms with van der Waals surface area (Å²) < 4.78 is 22.8. The number of nitrogens with one attached hydrogen (secondary N) is 2. The first kappa shape index (κ1) is 22.2. The molecule has 4 rings (SSSR count). The second kappa shape index (κ2) is 9.26. The van der Waals surface area contributed by atoms with Crippen LogP contribution in [0, 0.1) is 0 Å². The van der Waals surface area contributed by atoms with Crippen molar-refractivity contribution in [2.24, 2.45) is 5.14 Å². The van der Waals surface area contributed by atoms with Gasteiger partial charge < -0.3 is 10.3 Å². The molecule has 4 aromatic rings. The van der Waals surface area contributed by atoms with E-state index in [1.54, 1.807) is 24.4 Å². The zero-order valence-electron chi connectivity index (χ0n) is 17.1. The molecule has 1 atom stereocenters. The van der Waals surface area contributed by atoms with E-state index in [9.17, 15) is 13.2 Å². The Kier molecular flexibility index (Phi) is 6.43. The van der Waals surface area contributed by atoms with Gasteiger partial charge in [-0.25, -0.2) is 13.6 Å². The molecular formula is C24H22ClN3O3S. The van der Waals surface area contributed by atoms with Crippen LogP contribution in [0.2, 0.25) is 5.02 Å². The minimum absolute atomic E-state index is 0.0608. The summed E-state index contributed by atoms with van der Waals surface area (Å²) in [5.41, 5.74) is 3.10. The van der Waals surface area contributed by atoms with E-state index in [1.807, 2.05) is 42.5 Å². The highest BCUT2D eigenvalue weighted by molar-refractivity contribution is 7.89. The van der Waals surface area contributed by atoms with Gasteiger partial charge >= 0.3 is 0 Å². The third-order valence-electron chi connectivity index (χ3n) is 5.34. The van der Waals surface area contributed by atoms with E-state index in [-0.39, 0.29) is 10.7 Å². The lowest BCUT2D eigenvalue weighted by Crippen LogP contribution is -2.30. The number of sulfonamides is 1. The Balaban J connectivity index is 1.55. The number of carbonyl (C=O) groups is 1. The molecule has 3 aromatic carbocycles. The summed E-state index contributed by atoms with van der Waals surface area (Å²) >= 11 is 6.26. The fourth-order valence-corrected chi connectivity index (χ4v) is 4.44. The van der Waals surface area contributed by atoms with Crippen LogP contribution in [0.25, 0.3) is 10.9 Å². The highest BCUT2D eigenvalue weighted by atomic mass is 35.5. The van der Waals surface area contributed by atoms with Gasteiger partial charge in [0.1, 0.15) is 0 Å². The molecule has 8 heteroatoms. The molecule has 0 amide bonds. The van der Waals surface area contributed by atoms with E-state index in [4.69, 9.17) is 16.7 Å². The molecule has 1 aromatic heterocycles. The van der Waals surface area contributed by atoms with Gasteiger partial charge in [0.05, 0.1) is 21.5 Å².